The van der Waals surface area contributed by atoms with Crippen molar-refractivity contribution in [3.8, 4) is 0 Å². The van der Waals surface area contributed by atoms with Crippen molar-refractivity contribution in [1.29, 1.82) is 0 Å². The maximum atomic E-state index is 15.1. The molecule has 0 saturated heterocycles. The third-order valence-electron chi connectivity index (χ3n) is 7.36. The number of rotatable bonds is 4. The summed E-state index contributed by atoms with van der Waals surface area (Å²) in [5.74, 6) is -1.64. The average Bonchev–Trinajstić information content (AvgIpc) is 2.84. The Labute approximate surface area is 199 Å². The molecule has 0 radical (unpaired) electrons. The normalized spacial score (nSPS) is 23.4. The van der Waals surface area contributed by atoms with Crippen molar-refractivity contribution in [2.24, 2.45) is 0 Å². The van der Waals surface area contributed by atoms with Crippen LogP contribution in [0.4, 0.5) is 4.39 Å². The number of carbonyl (C=O) groups is 2. The monoisotopic (exact) mass is 459 g/mol. The molecule has 1 saturated carbocycles. The van der Waals surface area contributed by atoms with Gasteiger partial charge in [0, 0.05) is 29.0 Å². The van der Waals surface area contributed by atoms with Crippen molar-refractivity contribution in [2.45, 2.75) is 69.8 Å². The second-order valence-electron chi connectivity index (χ2n) is 9.61. The van der Waals surface area contributed by atoms with Crippen LogP contribution in [-0.4, -0.2) is 17.9 Å². The van der Waals surface area contributed by atoms with Gasteiger partial charge in [0.25, 0.3) is 0 Å². The lowest BCUT2D eigenvalue weighted by molar-refractivity contribution is -0.146. The number of halogens is 1. The highest BCUT2D eigenvalue weighted by Gasteiger charge is 2.42. The summed E-state index contributed by atoms with van der Waals surface area (Å²) < 4.78 is 21.0. The maximum Gasteiger partial charge on any atom is 0.337 e. The smallest absolute Gasteiger partial charge is 0.337 e. The number of allylic oxidation sites excluding steroid dienone is 3. The molecular formula is C29H30FNO3. The Morgan fingerprint density at radius 1 is 0.971 bits per heavy atom. The van der Waals surface area contributed by atoms with E-state index in [1.54, 1.807) is 18.2 Å². The fourth-order valence-corrected chi connectivity index (χ4v) is 5.69. The molecule has 4 nitrogen and oxygen atoms in total. The van der Waals surface area contributed by atoms with Crippen LogP contribution >= 0.6 is 0 Å². The molecule has 5 heteroatoms. The lowest BCUT2D eigenvalue weighted by atomic mass is 9.71. The first kappa shape index (κ1) is 22.6. The average molecular weight is 460 g/mol. The summed E-state index contributed by atoms with van der Waals surface area (Å²) in [6.45, 7) is 1.83. The van der Waals surface area contributed by atoms with E-state index >= 15 is 4.39 Å². The minimum Gasteiger partial charge on any atom is -0.459 e. The van der Waals surface area contributed by atoms with E-state index < -0.39 is 17.7 Å². The number of carbonyl (C=O) groups excluding carboxylic acids is 2. The molecular weight excluding hydrogens is 429 g/mol. The molecule has 3 aliphatic rings. The van der Waals surface area contributed by atoms with Gasteiger partial charge in [-0.2, -0.15) is 0 Å². The lowest BCUT2D eigenvalue weighted by Gasteiger charge is -2.37. The van der Waals surface area contributed by atoms with E-state index in [2.05, 4.69) is 5.32 Å². The summed E-state index contributed by atoms with van der Waals surface area (Å²) in [6.07, 6.45) is 5.78. The Kier molecular flexibility index (Phi) is 6.36. The number of benzene rings is 2. The molecule has 1 heterocycles. The molecule has 2 aromatic carbocycles. The Morgan fingerprint density at radius 2 is 1.68 bits per heavy atom. The van der Waals surface area contributed by atoms with E-state index in [0.717, 1.165) is 43.4 Å². The summed E-state index contributed by atoms with van der Waals surface area (Å²) in [5.41, 5.74) is 3.72. The van der Waals surface area contributed by atoms with Gasteiger partial charge < -0.3 is 10.1 Å². The van der Waals surface area contributed by atoms with Gasteiger partial charge in [-0.3, -0.25) is 4.79 Å². The molecule has 176 valence electrons. The topological polar surface area (TPSA) is 55.4 Å². The van der Waals surface area contributed by atoms with Gasteiger partial charge in [-0.05, 0) is 56.6 Å². The number of ketones is 1. The summed E-state index contributed by atoms with van der Waals surface area (Å²) >= 11 is 0. The fraction of sp³-hybridized carbons (Fsp3) is 0.379. The van der Waals surface area contributed by atoms with E-state index in [1.165, 1.54) is 6.07 Å². The Morgan fingerprint density at radius 3 is 2.41 bits per heavy atom. The van der Waals surface area contributed by atoms with Crippen molar-refractivity contribution in [3.05, 3.63) is 94.1 Å². The molecule has 2 atom stereocenters. The predicted octanol–water partition coefficient (Wildman–Crippen LogP) is 6.06. The second-order valence-corrected chi connectivity index (χ2v) is 9.61. The van der Waals surface area contributed by atoms with Gasteiger partial charge in [-0.1, -0.05) is 55.0 Å². The van der Waals surface area contributed by atoms with Crippen LogP contribution in [0.2, 0.25) is 0 Å². The Hall–Kier alpha value is -3.21. The zero-order valence-corrected chi connectivity index (χ0v) is 19.5. The fourth-order valence-electron chi connectivity index (χ4n) is 5.69. The first-order chi connectivity index (χ1) is 16.5. The molecule has 1 N–H and O–H groups in total. The third kappa shape index (κ3) is 4.31. The zero-order chi connectivity index (χ0) is 23.7. The van der Waals surface area contributed by atoms with Crippen LogP contribution in [0.25, 0.3) is 0 Å². The quantitative estimate of drug-likeness (QED) is 0.565. The maximum absolute atomic E-state index is 15.1. The number of hydrogen-bond acceptors (Lipinski definition) is 4. The molecule has 2 aliphatic carbocycles. The van der Waals surface area contributed by atoms with Gasteiger partial charge in [0.15, 0.2) is 5.78 Å². The minimum atomic E-state index is -0.766. The van der Waals surface area contributed by atoms with E-state index in [4.69, 9.17) is 4.74 Å². The van der Waals surface area contributed by atoms with Crippen molar-refractivity contribution < 1.29 is 18.7 Å². The van der Waals surface area contributed by atoms with E-state index in [-0.39, 0.29) is 17.8 Å². The third-order valence-corrected chi connectivity index (χ3v) is 7.36. The van der Waals surface area contributed by atoms with E-state index in [9.17, 15) is 9.59 Å². The molecule has 5 rings (SSSR count). The summed E-state index contributed by atoms with van der Waals surface area (Å²) in [7, 11) is 0. The lowest BCUT2D eigenvalue weighted by Crippen LogP contribution is -2.37. The van der Waals surface area contributed by atoms with Gasteiger partial charge in [-0.25, -0.2) is 9.18 Å². The summed E-state index contributed by atoms with van der Waals surface area (Å²) in [6, 6.07) is 16.4. The molecule has 1 aliphatic heterocycles. The first-order valence-electron chi connectivity index (χ1n) is 12.3. The zero-order valence-electron chi connectivity index (χ0n) is 19.5. The van der Waals surface area contributed by atoms with Crippen molar-refractivity contribution in [2.75, 3.05) is 0 Å². The van der Waals surface area contributed by atoms with Crippen LogP contribution in [0.1, 0.15) is 74.8 Å². The Balaban J connectivity index is 1.54. The number of nitrogens with one attached hydrogen (secondary N) is 1. The van der Waals surface area contributed by atoms with E-state index in [0.29, 0.717) is 35.2 Å². The SMILES string of the molecule is CC1=C(C(=O)OC2CCCCC2)[C@H](c2ccccc2F)C2=C(C[C@@H](c3ccccc3)CC2=O)N1. The van der Waals surface area contributed by atoms with Crippen LogP contribution in [0.3, 0.4) is 0 Å². The van der Waals surface area contributed by atoms with Crippen LogP contribution in [-0.2, 0) is 14.3 Å². The molecule has 0 aromatic heterocycles. The number of dihydropyridines is 1. The summed E-state index contributed by atoms with van der Waals surface area (Å²) in [5, 5.41) is 3.35. The molecule has 0 spiro atoms. The van der Waals surface area contributed by atoms with Crippen molar-refractivity contribution >= 4 is 11.8 Å². The van der Waals surface area contributed by atoms with Crippen molar-refractivity contribution in [3.63, 3.8) is 0 Å². The number of ether oxygens (including phenoxy) is 1. The predicted molar refractivity (Wildman–Crippen MR) is 128 cm³/mol. The van der Waals surface area contributed by atoms with Crippen molar-refractivity contribution in [1.82, 2.24) is 5.32 Å². The molecule has 0 amide bonds. The van der Waals surface area contributed by atoms with Gasteiger partial charge in [0.1, 0.15) is 11.9 Å². The number of Topliss-reactive ketones (excluding diaryl/α,β-unsaturated/α-hetero) is 1. The molecule has 0 bridgehead atoms. The molecule has 1 fully saturated rings. The van der Waals surface area contributed by atoms with Gasteiger partial charge >= 0.3 is 5.97 Å². The highest BCUT2D eigenvalue weighted by atomic mass is 19.1. The number of hydrogen-bond donors (Lipinski definition) is 1. The summed E-state index contributed by atoms with van der Waals surface area (Å²) in [4.78, 5) is 27.0. The number of esters is 1. The second kappa shape index (κ2) is 9.57. The largest absolute Gasteiger partial charge is 0.459 e. The first-order valence-corrected chi connectivity index (χ1v) is 12.3. The van der Waals surface area contributed by atoms with Gasteiger partial charge in [0.05, 0.1) is 11.5 Å². The van der Waals surface area contributed by atoms with Crippen LogP contribution in [0.15, 0.2) is 77.1 Å². The van der Waals surface area contributed by atoms with Gasteiger partial charge in [-0.15, -0.1) is 0 Å². The minimum absolute atomic E-state index is 0.0461. The van der Waals surface area contributed by atoms with Crippen LogP contribution in [0.5, 0.6) is 0 Å². The van der Waals surface area contributed by atoms with Crippen LogP contribution in [0, 0.1) is 5.82 Å². The van der Waals surface area contributed by atoms with Crippen LogP contribution < -0.4 is 5.32 Å². The van der Waals surface area contributed by atoms with Gasteiger partial charge in [0.2, 0.25) is 0 Å². The molecule has 0 unspecified atom stereocenters. The highest BCUT2D eigenvalue weighted by molar-refractivity contribution is 6.04. The molecule has 2 aromatic rings. The Bertz CT molecular complexity index is 1160. The highest BCUT2D eigenvalue weighted by Crippen LogP contribution is 2.46. The molecule has 34 heavy (non-hydrogen) atoms. The standard InChI is InChI=1S/C29H30FNO3/c1-18-26(29(33)34-21-12-6-3-7-13-21)27(22-14-8-9-15-23(22)30)28-24(31-18)16-20(17-25(28)32)19-10-4-2-5-11-19/h2,4-5,8-11,14-15,20-21,27,31H,3,6-7,12-13,16-17H2,1H3/t20-,27+/m1/s1. The van der Waals surface area contributed by atoms with E-state index in [1.807, 2.05) is 37.3 Å².